The van der Waals surface area contributed by atoms with Crippen LogP contribution in [0.4, 0.5) is 14.9 Å². The van der Waals surface area contributed by atoms with Crippen LogP contribution in [0.15, 0.2) is 42.6 Å². The third-order valence-corrected chi connectivity index (χ3v) is 3.24. The van der Waals surface area contributed by atoms with Crippen LogP contribution < -0.4 is 15.4 Å². The Morgan fingerprint density at radius 1 is 1.24 bits per heavy atom. The number of carbonyl (C=O) groups is 1. The predicted octanol–water partition coefficient (Wildman–Crippen LogP) is 2.10. The van der Waals surface area contributed by atoms with Crippen molar-refractivity contribution in [1.82, 2.24) is 10.3 Å². The van der Waals surface area contributed by atoms with E-state index in [1.807, 2.05) is 0 Å². The highest BCUT2D eigenvalue weighted by atomic mass is 19.1. The van der Waals surface area contributed by atoms with E-state index in [0.29, 0.717) is 30.3 Å². The van der Waals surface area contributed by atoms with E-state index >= 15 is 0 Å². The number of pyridine rings is 1. The van der Waals surface area contributed by atoms with Gasteiger partial charge in [0.05, 0.1) is 24.6 Å². The van der Waals surface area contributed by atoms with E-state index in [2.05, 4.69) is 15.6 Å². The molecule has 2 aromatic rings. The van der Waals surface area contributed by atoms with Crippen molar-refractivity contribution in [3.8, 4) is 5.88 Å². The van der Waals surface area contributed by atoms with Crippen LogP contribution in [-0.4, -0.2) is 43.0 Å². The zero-order chi connectivity index (χ0) is 18.1. The molecule has 0 aliphatic rings. The first-order chi connectivity index (χ1) is 12.1. The van der Waals surface area contributed by atoms with Crippen molar-refractivity contribution in [1.29, 1.82) is 0 Å². The first kappa shape index (κ1) is 18.6. The van der Waals surface area contributed by atoms with E-state index in [-0.39, 0.29) is 12.4 Å². The molecule has 1 aromatic heterocycles. The van der Waals surface area contributed by atoms with Gasteiger partial charge in [0.1, 0.15) is 12.4 Å². The topological polar surface area (TPSA) is 92.7 Å². The van der Waals surface area contributed by atoms with E-state index in [1.165, 1.54) is 30.5 Å². The summed E-state index contributed by atoms with van der Waals surface area (Å²) in [5, 5.41) is 15.1. The van der Waals surface area contributed by atoms with Gasteiger partial charge < -0.3 is 25.2 Å². The van der Waals surface area contributed by atoms with Gasteiger partial charge >= 0.3 is 6.03 Å². The van der Waals surface area contributed by atoms with Crippen molar-refractivity contribution in [3.63, 3.8) is 0 Å². The van der Waals surface area contributed by atoms with Crippen molar-refractivity contribution in [2.24, 2.45) is 0 Å². The van der Waals surface area contributed by atoms with Crippen LogP contribution in [0.25, 0.3) is 0 Å². The van der Waals surface area contributed by atoms with Crippen LogP contribution in [0.2, 0.25) is 0 Å². The van der Waals surface area contributed by atoms with Crippen LogP contribution in [0, 0.1) is 5.82 Å². The number of aromatic nitrogens is 1. The summed E-state index contributed by atoms with van der Waals surface area (Å²) in [4.78, 5) is 15.9. The molecule has 0 saturated heterocycles. The number of urea groups is 1. The van der Waals surface area contributed by atoms with E-state index in [0.717, 1.165) is 0 Å². The second-order valence-electron chi connectivity index (χ2n) is 5.13. The molecule has 134 valence electrons. The first-order valence-corrected chi connectivity index (χ1v) is 7.64. The van der Waals surface area contributed by atoms with Crippen LogP contribution in [0.5, 0.6) is 5.88 Å². The molecule has 0 aliphatic heterocycles. The maximum Gasteiger partial charge on any atom is 0.319 e. The summed E-state index contributed by atoms with van der Waals surface area (Å²) in [6.45, 7) is 0.835. The molecular formula is C17H20FN3O4. The number of aliphatic hydroxyl groups excluding tert-OH is 1. The van der Waals surface area contributed by atoms with Gasteiger partial charge in [-0.05, 0) is 23.8 Å². The van der Waals surface area contributed by atoms with Gasteiger partial charge in [-0.1, -0.05) is 12.1 Å². The molecule has 3 N–H and O–H groups in total. The minimum absolute atomic E-state index is 0.0108. The Bertz CT molecular complexity index is 665. The Morgan fingerprint density at radius 3 is 2.64 bits per heavy atom. The number of hydrogen-bond acceptors (Lipinski definition) is 5. The van der Waals surface area contributed by atoms with E-state index < -0.39 is 12.1 Å². The van der Waals surface area contributed by atoms with Gasteiger partial charge in [-0.15, -0.1) is 0 Å². The van der Waals surface area contributed by atoms with E-state index in [1.54, 1.807) is 19.2 Å². The highest BCUT2D eigenvalue weighted by molar-refractivity contribution is 5.89. The predicted molar refractivity (Wildman–Crippen MR) is 90.0 cm³/mol. The SMILES string of the molecule is COCCOc1ccc(NC(=O)NCC(O)c2ccc(F)cc2)cn1. The summed E-state index contributed by atoms with van der Waals surface area (Å²) in [7, 11) is 1.58. The molecule has 1 aromatic carbocycles. The Balaban J connectivity index is 1.76. The molecule has 1 unspecified atom stereocenters. The summed E-state index contributed by atoms with van der Waals surface area (Å²) in [5.74, 6) is 0.0403. The summed E-state index contributed by atoms with van der Waals surface area (Å²) >= 11 is 0. The monoisotopic (exact) mass is 349 g/mol. The number of anilines is 1. The number of methoxy groups -OCH3 is 1. The Hall–Kier alpha value is -2.71. The lowest BCUT2D eigenvalue weighted by molar-refractivity contribution is 0.144. The summed E-state index contributed by atoms with van der Waals surface area (Å²) < 4.78 is 23.0. The normalized spacial score (nSPS) is 11.6. The number of amides is 2. The molecule has 1 heterocycles. The van der Waals surface area contributed by atoms with Crippen molar-refractivity contribution in [2.75, 3.05) is 32.2 Å². The van der Waals surface area contributed by atoms with Crippen LogP contribution >= 0.6 is 0 Å². The summed E-state index contributed by atoms with van der Waals surface area (Å²) in [6.07, 6.45) is 0.527. The third-order valence-electron chi connectivity index (χ3n) is 3.24. The average molecular weight is 349 g/mol. The molecule has 7 nitrogen and oxygen atoms in total. The number of hydrogen-bond donors (Lipinski definition) is 3. The zero-order valence-electron chi connectivity index (χ0n) is 13.7. The highest BCUT2D eigenvalue weighted by Gasteiger charge is 2.10. The molecule has 0 bridgehead atoms. The van der Waals surface area contributed by atoms with Crippen molar-refractivity contribution in [2.45, 2.75) is 6.10 Å². The number of halogens is 1. The van der Waals surface area contributed by atoms with E-state index in [9.17, 15) is 14.3 Å². The highest BCUT2D eigenvalue weighted by Crippen LogP contribution is 2.13. The molecule has 0 fully saturated rings. The second kappa shape index (κ2) is 9.55. The van der Waals surface area contributed by atoms with Gasteiger partial charge in [0.15, 0.2) is 0 Å². The maximum atomic E-state index is 12.8. The van der Waals surface area contributed by atoms with Gasteiger partial charge in [0.25, 0.3) is 0 Å². The first-order valence-electron chi connectivity index (χ1n) is 7.64. The van der Waals surface area contributed by atoms with Gasteiger partial charge in [0.2, 0.25) is 5.88 Å². The van der Waals surface area contributed by atoms with Gasteiger partial charge in [-0.2, -0.15) is 0 Å². The molecular weight excluding hydrogens is 329 g/mol. The molecule has 0 saturated carbocycles. The van der Waals surface area contributed by atoms with Crippen molar-refractivity contribution in [3.05, 3.63) is 54.0 Å². The lowest BCUT2D eigenvalue weighted by atomic mass is 10.1. The van der Waals surface area contributed by atoms with E-state index in [4.69, 9.17) is 9.47 Å². The number of benzene rings is 1. The molecule has 25 heavy (non-hydrogen) atoms. The minimum atomic E-state index is -0.930. The lowest BCUT2D eigenvalue weighted by Crippen LogP contribution is -2.32. The second-order valence-corrected chi connectivity index (χ2v) is 5.13. The molecule has 1 atom stereocenters. The lowest BCUT2D eigenvalue weighted by Gasteiger charge is -2.13. The molecule has 0 aliphatic carbocycles. The van der Waals surface area contributed by atoms with Crippen LogP contribution in [-0.2, 0) is 4.74 Å². The zero-order valence-corrected chi connectivity index (χ0v) is 13.7. The Morgan fingerprint density at radius 2 is 2.00 bits per heavy atom. The molecule has 0 radical (unpaired) electrons. The quantitative estimate of drug-likeness (QED) is 0.635. The average Bonchev–Trinajstić information content (AvgIpc) is 2.62. The fourth-order valence-electron chi connectivity index (χ4n) is 1.94. The van der Waals surface area contributed by atoms with Gasteiger partial charge in [-0.3, -0.25) is 0 Å². The number of nitrogens with one attached hydrogen (secondary N) is 2. The number of carbonyl (C=O) groups excluding carboxylic acids is 1. The number of aliphatic hydroxyl groups is 1. The van der Waals surface area contributed by atoms with Crippen molar-refractivity contribution < 1.29 is 23.8 Å². The number of nitrogens with zero attached hydrogens (tertiary/aromatic N) is 1. The summed E-state index contributed by atoms with van der Waals surface area (Å²) in [6, 6.07) is 8.21. The fourth-order valence-corrected chi connectivity index (χ4v) is 1.94. The molecule has 8 heteroatoms. The Labute approximate surface area is 144 Å². The smallest absolute Gasteiger partial charge is 0.319 e. The standard InChI is InChI=1S/C17H20FN3O4/c1-24-8-9-25-16-7-6-14(10-19-16)21-17(23)20-11-15(22)12-2-4-13(18)5-3-12/h2-7,10,15,22H,8-9,11H2,1H3,(H2,20,21,23). The minimum Gasteiger partial charge on any atom is -0.475 e. The maximum absolute atomic E-state index is 12.8. The molecule has 2 amide bonds. The summed E-state index contributed by atoms with van der Waals surface area (Å²) in [5.41, 5.74) is 0.994. The Kier molecular flexibility index (Phi) is 7.12. The van der Waals surface area contributed by atoms with Crippen molar-refractivity contribution >= 4 is 11.7 Å². The van der Waals surface area contributed by atoms with Gasteiger partial charge in [-0.25, -0.2) is 14.2 Å². The number of rotatable bonds is 8. The third kappa shape index (κ3) is 6.36. The van der Waals surface area contributed by atoms with Crippen LogP contribution in [0.3, 0.4) is 0 Å². The largest absolute Gasteiger partial charge is 0.475 e. The molecule has 2 rings (SSSR count). The van der Waals surface area contributed by atoms with Crippen LogP contribution in [0.1, 0.15) is 11.7 Å². The molecule has 0 spiro atoms. The number of ether oxygens (including phenoxy) is 2. The van der Waals surface area contributed by atoms with Gasteiger partial charge in [0, 0.05) is 19.7 Å². The fraction of sp³-hybridized carbons (Fsp3) is 0.294.